The lowest BCUT2D eigenvalue weighted by molar-refractivity contribution is 0.0502. The number of fused-ring (bicyclic) bond motifs is 1. The van der Waals surface area contributed by atoms with Crippen molar-refractivity contribution in [1.82, 2.24) is 4.98 Å². The lowest BCUT2D eigenvalue weighted by Crippen LogP contribution is -2.40. The van der Waals surface area contributed by atoms with Gasteiger partial charge in [0, 0.05) is 23.8 Å². The van der Waals surface area contributed by atoms with Crippen molar-refractivity contribution >= 4 is 25.0 Å². The fourth-order valence-corrected chi connectivity index (χ4v) is 4.52. The maximum atomic E-state index is 15.8. The number of aryl methyl sites for hydroxylation is 1. The van der Waals surface area contributed by atoms with Crippen molar-refractivity contribution in [3.63, 3.8) is 0 Å². The average Bonchev–Trinajstić information content (AvgIpc) is 2.84. The van der Waals surface area contributed by atoms with Crippen LogP contribution < -0.4 is 4.74 Å². The molecular formula is C29H38FNO4Si. The van der Waals surface area contributed by atoms with Gasteiger partial charge < -0.3 is 13.9 Å². The molecule has 1 aromatic heterocycles. The van der Waals surface area contributed by atoms with Crippen molar-refractivity contribution < 1.29 is 23.1 Å². The molecule has 7 heteroatoms. The molecule has 0 saturated heterocycles. The first-order valence-electron chi connectivity index (χ1n) is 12.5. The summed E-state index contributed by atoms with van der Waals surface area (Å²) in [5, 5.41) is 0.688. The van der Waals surface area contributed by atoms with Gasteiger partial charge in [-0.25, -0.2) is 9.37 Å². The molecule has 5 nitrogen and oxygen atoms in total. The number of methoxy groups -OCH3 is 1. The van der Waals surface area contributed by atoms with Crippen LogP contribution in [0.4, 0.5) is 4.39 Å². The van der Waals surface area contributed by atoms with Crippen molar-refractivity contribution in [2.24, 2.45) is 0 Å². The number of carbonyl (C=O) groups is 1. The quantitative estimate of drug-likeness (QED) is 0.152. The van der Waals surface area contributed by atoms with Crippen LogP contribution in [0.1, 0.15) is 67.7 Å². The van der Waals surface area contributed by atoms with Crippen molar-refractivity contribution in [1.29, 1.82) is 0 Å². The molecule has 36 heavy (non-hydrogen) atoms. The van der Waals surface area contributed by atoms with E-state index < -0.39 is 19.9 Å². The molecule has 0 fully saturated rings. The maximum absolute atomic E-state index is 15.8. The second-order valence-electron chi connectivity index (χ2n) is 10.7. The largest absolute Gasteiger partial charge is 0.467 e. The number of carbonyl (C=O) groups excluding carboxylic acids is 1. The Hall–Kier alpha value is -2.61. The number of ether oxygens (including phenoxy) is 2. The molecule has 0 aliphatic heterocycles. The Labute approximate surface area is 215 Å². The summed E-state index contributed by atoms with van der Waals surface area (Å²) in [6, 6.07) is 12.5. The van der Waals surface area contributed by atoms with Gasteiger partial charge in [-0.05, 0) is 48.7 Å². The highest BCUT2D eigenvalue weighted by Gasteiger charge is 2.37. The Morgan fingerprint density at radius 2 is 1.78 bits per heavy atom. The van der Waals surface area contributed by atoms with E-state index in [1.54, 1.807) is 18.2 Å². The van der Waals surface area contributed by atoms with Crippen LogP contribution in [-0.2, 0) is 22.2 Å². The molecule has 3 aromatic rings. The first kappa shape index (κ1) is 28.0. The summed E-state index contributed by atoms with van der Waals surface area (Å²) in [4.78, 5) is 18.0. The predicted octanol–water partition coefficient (Wildman–Crippen LogP) is 7.45. The van der Waals surface area contributed by atoms with Crippen molar-refractivity contribution in [2.75, 3.05) is 13.9 Å². The number of rotatable bonds is 11. The Bertz CT molecular complexity index is 1200. The van der Waals surface area contributed by atoms with Gasteiger partial charge in [-0.3, -0.25) is 4.79 Å². The van der Waals surface area contributed by atoms with Gasteiger partial charge in [0.05, 0.1) is 6.61 Å². The van der Waals surface area contributed by atoms with Gasteiger partial charge in [0.2, 0.25) is 0 Å². The first-order chi connectivity index (χ1) is 17.0. The molecule has 0 amide bonds. The van der Waals surface area contributed by atoms with Gasteiger partial charge in [0.15, 0.2) is 26.7 Å². The van der Waals surface area contributed by atoms with E-state index in [1.807, 2.05) is 24.3 Å². The van der Waals surface area contributed by atoms with E-state index in [-0.39, 0.29) is 28.7 Å². The molecular weight excluding hydrogens is 473 g/mol. The van der Waals surface area contributed by atoms with Crippen molar-refractivity contribution in [3.8, 4) is 5.75 Å². The number of hydrogen-bond donors (Lipinski definition) is 0. The van der Waals surface area contributed by atoms with Crippen LogP contribution in [0.25, 0.3) is 10.9 Å². The van der Waals surface area contributed by atoms with Crippen LogP contribution in [0.5, 0.6) is 5.75 Å². The highest BCUT2D eigenvalue weighted by atomic mass is 28.4. The van der Waals surface area contributed by atoms with Crippen molar-refractivity contribution in [3.05, 3.63) is 70.7 Å². The van der Waals surface area contributed by atoms with Crippen molar-refractivity contribution in [2.45, 2.75) is 71.7 Å². The molecule has 0 aliphatic carbocycles. The highest BCUT2D eigenvalue weighted by Crippen LogP contribution is 2.37. The Morgan fingerprint density at radius 3 is 2.39 bits per heavy atom. The first-order valence-corrected chi connectivity index (χ1v) is 15.4. The zero-order chi connectivity index (χ0) is 26.5. The standard InChI is InChI=1S/C29H38FNO4Si/c1-8-9-10-23-16-15-22-17-24(34-19-33-5)25(26(30)27(22)31-23)28(32)21-13-11-20(12-14-21)18-35-36(6,7)29(2,3)4/h11-17H,8-10,18-19H2,1-7H3. The Kier molecular flexibility index (Phi) is 9.03. The number of ketones is 1. The smallest absolute Gasteiger partial charge is 0.199 e. The third-order valence-electron chi connectivity index (χ3n) is 6.91. The van der Waals surface area contributed by atoms with Crippen LogP contribution in [0.3, 0.4) is 0 Å². The topological polar surface area (TPSA) is 57.7 Å². The molecule has 0 spiro atoms. The highest BCUT2D eigenvalue weighted by molar-refractivity contribution is 6.74. The molecule has 0 unspecified atom stereocenters. The Morgan fingerprint density at radius 1 is 1.08 bits per heavy atom. The summed E-state index contributed by atoms with van der Waals surface area (Å²) in [5.74, 6) is -0.995. The van der Waals surface area contributed by atoms with E-state index in [9.17, 15) is 4.79 Å². The van der Waals surface area contributed by atoms with E-state index in [2.05, 4.69) is 45.8 Å². The number of halogens is 1. The van der Waals surface area contributed by atoms with Gasteiger partial charge in [-0.2, -0.15) is 0 Å². The monoisotopic (exact) mass is 511 g/mol. The fourth-order valence-electron chi connectivity index (χ4n) is 3.56. The normalized spacial score (nSPS) is 12.2. The molecule has 0 aliphatic rings. The molecule has 3 rings (SSSR count). The summed E-state index contributed by atoms with van der Waals surface area (Å²) in [5.41, 5.74) is 2.18. The van der Waals surface area contributed by atoms with Crippen LogP contribution in [-0.4, -0.2) is 33.0 Å². The number of hydrogen-bond acceptors (Lipinski definition) is 5. The summed E-state index contributed by atoms with van der Waals surface area (Å²) < 4.78 is 32.7. The van der Waals surface area contributed by atoms with E-state index in [1.165, 1.54) is 7.11 Å². The minimum Gasteiger partial charge on any atom is -0.467 e. The average molecular weight is 512 g/mol. The minimum atomic E-state index is -1.89. The summed E-state index contributed by atoms with van der Waals surface area (Å²) in [6.45, 7) is 13.5. The number of pyridine rings is 1. The van der Waals surface area contributed by atoms with Crippen LogP contribution in [0.2, 0.25) is 18.1 Å². The number of benzene rings is 2. The second kappa shape index (κ2) is 11.6. The molecule has 194 valence electrons. The number of unbranched alkanes of at least 4 members (excludes halogenated alkanes) is 1. The number of aromatic nitrogens is 1. The van der Waals surface area contributed by atoms with Gasteiger partial charge in [0.25, 0.3) is 0 Å². The van der Waals surface area contributed by atoms with E-state index in [0.29, 0.717) is 17.6 Å². The predicted molar refractivity (Wildman–Crippen MR) is 145 cm³/mol. The molecule has 0 atom stereocenters. The SMILES string of the molecule is CCCCc1ccc2cc(OCOC)c(C(=O)c3ccc(CO[Si](C)(C)C(C)(C)C)cc3)c(F)c2n1. The summed E-state index contributed by atoms with van der Waals surface area (Å²) in [7, 11) is -0.418. The van der Waals surface area contributed by atoms with Crippen LogP contribution in [0, 0.1) is 5.82 Å². The van der Waals surface area contributed by atoms with Gasteiger partial charge in [-0.1, -0.05) is 64.4 Å². The van der Waals surface area contributed by atoms with E-state index >= 15 is 4.39 Å². The maximum Gasteiger partial charge on any atom is 0.199 e. The van der Waals surface area contributed by atoms with E-state index in [4.69, 9.17) is 13.9 Å². The third kappa shape index (κ3) is 6.38. The molecule has 2 aromatic carbocycles. The molecule has 0 bridgehead atoms. The summed E-state index contributed by atoms with van der Waals surface area (Å²) in [6.07, 6.45) is 2.74. The lowest BCUT2D eigenvalue weighted by atomic mass is 9.98. The molecule has 0 radical (unpaired) electrons. The zero-order valence-electron chi connectivity index (χ0n) is 22.5. The zero-order valence-corrected chi connectivity index (χ0v) is 23.5. The van der Waals surface area contributed by atoms with Gasteiger partial charge in [-0.15, -0.1) is 0 Å². The van der Waals surface area contributed by atoms with Crippen LogP contribution >= 0.6 is 0 Å². The molecule has 0 saturated carbocycles. The fraction of sp³-hybridized carbons (Fsp3) is 0.448. The second-order valence-corrected chi connectivity index (χ2v) is 15.5. The lowest BCUT2D eigenvalue weighted by Gasteiger charge is -2.36. The van der Waals surface area contributed by atoms with Gasteiger partial charge in [0.1, 0.15) is 16.8 Å². The molecule has 0 N–H and O–H groups in total. The Balaban J connectivity index is 1.94. The summed E-state index contributed by atoms with van der Waals surface area (Å²) >= 11 is 0. The van der Waals surface area contributed by atoms with E-state index in [0.717, 1.165) is 30.5 Å². The van der Waals surface area contributed by atoms with Crippen LogP contribution in [0.15, 0.2) is 42.5 Å². The number of nitrogens with zero attached hydrogens (tertiary/aromatic N) is 1. The third-order valence-corrected chi connectivity index (χ3v) is 11.4. The minimum absolute atomic E-state index is 0.100. The van der Waals surface area contributed by atoms with Gasteiger partial charge >= 0.3 is 0 Å². The molecule has 1 heterocycles.